The zero-order valence-corrected chi connectivity index (χ0v) is 33.7. The molecule has 0 radical (unpaired) electrons. The third kappa shape index (κ3) is 8.09. The van der Waals surface area contributed by atoms with Crippen LogP contribution in [0.5, 0.6) is 0 Å². The molecule has 0 saturated heterocycles. The van der Waals surface area contributed by atoms with Crippen LogP contribution >= 0.6 is 0 Å². The lowest BCUT2D eigenvalue weighted by molar-refractivity contribution is -0.138. The first-order valence-corrected chi connectivity index (χ1v) is 19.8. The first kappa shape index (κ1) is 43.0. The summed E-state index contributed by atoms with van der Waals surface area (Å²) in [5, 5.41) is 24.2. The smallest absolute Gasteiger partial charge is 0.332 e. The molecule has 0 spiro atoms. The Morgan fingerprint density at radius 2 is 0.984 bits per heavy atom. The minimum Gasteiger partial charge on any atom is -0.332 e. The quantitative estimate of drug-likeness (QED) is 0.166. The van der Waals surface area contributed by atoms with Crippen molar-refractivity contribution >= 4 is 35.3 Å². The SMILES string of the molecule is CN(CCN1CC2=C(C1=O)C(c1ccc(C#N)cc1)NC(=O)N2c1cccc(C(F)(F)F)c1)CCN1CC2=C(C1=O)C(c1ccc(C#N)cc1)NC(=O)N2c1cccc(C(F)(F)F)c1. The van der Waals surface area contributed by atoms with Crippen molar-refractivity contribution in [3.63, 3.8) is 0 Å². The highest BCUT2D eigenvalue weighted by atomic mass is 19.4. The fraction of sp³-hybridized carbons (Fsp3) is 0.244. The Morgan fingerprint density at radius 1 is 0.609 bits per heavy atom. The Kier molecular flexibility index (Phi) is 11.1. The number of hydrogen-bond donors (Lipinski definition) is 2. The van der Waals surface area contributed by atoms with Gasteiger partial charge in [0.1, 0.15) is 0 Å². The molecule has 0 saturated carbocycles. The van der Waals surface area contributed by atoms with Crippen LogP contribution in [-0.4, -0.2) is 84.9 Å². The van der Waals surface area contributed by atoms with Gasteiger partial charge in [-0.15, -0.1) is 0 Å². The predicted octanol–water partition coefficient (Wildman–Crippen LogP) is 6.83. The molecule has 13 nitrogen and oxygen atoms in total. The average molecular weight is 880 g/mol. The van der Waals surface area contributed by atoms with E-state index in [0.29, 0.717) is 22.3 Å². The monoisotopic (exact) mass is 879 g/mol. The van der Waals surface area contributed by atoms with Crippen molar-refractivity contribution in [1.29, 1.82) is 10.5 Å². The summed E-state index contributed by atoms with van der Waals surface area (Å²) >= 11 is 0. The first-order valence-electron chi connectivity index (χ1n) is 19.8. The number of benzene rings is 4. The van der Waals surface area contributed by atoms with Gasteiger partial charge in [0.05, 0.1) is 93.5 Å². The molecule has 0 bridgehead atoms. The molecule has 2 unspecified atom stereocenters. The standard InChI is InChI=1S/C45H35F6N9O4/c1-56(16-18-57-24-34-36(40(57)61)38(28-12-8-26(22-52)9-13-28)54-42(63)59(34)32-6-2-4-30(20-32)44(46,47)48)17-19-58-25-35-37(41(58)62)39(29-14-10-27(23-53)11-15-29)55-43(64)60(35)33-7-3-5-31(21-33)45(49,50)51/h2-15,20-21,38-39H,16-19,24-25H2,1H3,(H,54,63)(H,55,64). The van der Waals surface area contributed by atoms with Crippen LogP contribution in [0.1, 0.15) is 45.5 Å². The molecule has 6 amide bonds. The van der Waals surface area contributed by atoms with Crippen LogP contribution in [0.15, 0.2) is 120 Å². The van der Waals surface area contributed by atoms with E-state index in [9.17, 15) is 56.0 Å². The van der Waals surface area contributed by atoms with E-state index in [1.165, 1.54) is 58.3 Å². The maximum absolute atomic E-state index is 14.2. The Morgan fingerprint density at radius 3 is 1.33 bits per heavy atom. The van der Waals surface area contributed by atoms with Gasteiger partial charge in [-0.05, 0) is 78.8 Å². The number of alkyl halides is 6. The highest BCUT2D eigenvalue weighted by Crippen LogP contribution is 2.42. The number of nitriles is 2. The number of carbonyl (C=O) groups is 4. The lowest BCUT2D eigenvalue weighted by Crippen LogP contribution is -2.47. The fourth-order valence-corrected chi connectivity index (χ4v) is 8.24. The third-order valence-electron chi connectivity index (χ3n) is 11.5. The molecule has 19 heteroatoms. The summed E-state index contributed by atoms with van der Waals surface area (Å²) in [5.74, 6) is -0.941. The van der Waals surface area contributed by atoms with Crippen LogP contribution in [0.25, 0.3) is 0 Å². The van der Waals surface area contributed by atoms with Gasteiger partial charge in [-0.25, -0.2) is 9.59 Å². The van der Waals surface area contributed by atoms with Gasteiger partial charge in [-0.1, -0.05) is 36.4 Å². The normalized spacial score (nSPS) is 18.9. The highest BCUT2D eigenvalue weighted by molar-refractivity contribution is 6.08. The summed E-state index contributed by atoms with van der Waals surface area (Å²) in [7, 11) is 1.74. The molecule has 0 aromatic heterocycles. The maximum atomic E-state index is 14.2. The van der Waals surface area contributed by atoms with Crippen molar-refractivity contribution in [3.05, 3.63) is 153 Å². The molecule has 4 aromatic rings. The number of nitrogens with one attached hydrogen (secondary N) is 2. The van der Waals surface area contributed by atoms with E-state index in [2.05, 4.69) is 10.6 Å². The van der Waals surface area contributed by atoms with Crippen LogP contribution in [0.3, 0.4) is 0 Å². The second-order valence-corrected chi connectivity index (χ2v) is 15.5. The number of rotatable bonds is 10. The molecule has 326 valence electrons. The van der Waals surface area contributed by atoms with Gasteiger partial charge in [0.2, 0.25) is 0 Å². The number of anilines is 2. The van der Waals surface area contributed by atoms with Gasteiger partial charge in [-0.3, -0.25) is 19.4 Å². The molecule has 0 fully saturated rings. The molecular weight excluding hydrogens is 845 g/mol. The minimum absolute atomic E-state index is 0.0955. The fourth-order valence-electron chi connectivity index (χ4n) is 8.24. The van der Waals surface area contributed by atoms with Crippen molar-refractivity contribution in [1.82, 2.24) is 25.3 Å². The van der Waals surface area contributed by atoms with E-state index >= 15 is 0 Å². The average Bonchev–Trinajstić information content (AvgIpc) is 3.78. The molecule has 4 aromatic carbocycles. The van der Waals surface area contributed by atoms with Gasteiger partial charge in [0.15, 0.2) is 0 Å². The summed E-state index contributed by atoms with van der Waals surface area (Å²) in [4.78, 5) is 62.7. The van der Waals surface area contributed by atoms with E-state index in [-0.39, 0.29) is 73.2 Å². The summed E-state index contributed by atoms with van der Waals surface area (Å²) in [6.07, 6.45) is -9.41. The van der Waals surface area contributed by atoms with E-state index in [0.717, 1.165) is 34.1 Å². The number of halogens is 6. The molecule has 4 aliphatic heterocycles. The van der Waals surface area contributed by atoms with Crippen LogP contribution in [0.2, 0.25) is 0 Å². The van der Waals surface area contributed by atoms with Crippen LogP contribution in [0.4, 0.5) is 47.3 Å². The van der Waals surface area contributed by atoms with Crippen LogP contribution < -0.4 is 20.4 Å². The van der Waals surface area contributed by atoms with Gasteiger partial charge in [0, 0.05) is 26.2 Å². The second kappa shape index (κ2) is 16.6. The van der Waals surface area contributed by atoms with E-state index in [1.807, 2.05) is 17.0 Å². The number of amides is 6. The van der Waals surface area contributed by atoms with Crippen molar-refractivity contribution in [2.24, 2.45) is 0 Å². The second-order valence-electron chi connectivity index (χ2n) is 15.5. The molecule has 2 atom stereocenters. The summed E-state index contributed by atoms with van der Waals surface area (Å²) in [5.41, 5.74) is 0.143. The van der Waals surface area contributed by atoms with Crippen molar-refractivity contribution < 1.29 is 45.5 Å². The third-order valence-corrected chi connectivity index (χ3v) is 11.5. The molecule has 0 aliphatic carbocycles. The Balaban J connectivity index is 1.00. The Bertz CT molecular complexity index is 2540. The summed E-state index contributed by atoms with van der Waals surface area (Å²) in [6.45, 7) is 0.415. The predicted molar refractivity (Wildman–Crippen MR) is 217 cm³/mol. The van der Waals surface area contributed by atoms with E-state index in [4.69, 9.17) is 0 Å². The zero-order valence-electron chi connectivity index (χ0n) is 33.7. The van der Waals surface area contributed by atoms with Gasteiger partial charge in [0.25, 0.3) is 11.8 Å². The number of nitrogens with zero attached hydrogens (tertiary/aromatic N) is 7. The topological polar surface area (TPSA) is 156 Å². The van der Waals surface area contributed by atoms with Crippen molar-refractivity contribution in [2.75, 3.05) is 56.1 Å². The lowest BCUT2D eigenvalue weighted by Gasteiger charge is -2.34. The van der Waals surface area contributed by atoms with Gasteiger partial charge in [-0.2, -0.15) is 36.9 Å². The number of likely N-dealkylation sites (N-methyl/N-ethyl adjacent to an activating group) is 1. The first-order chi connectivity index (χ1) is 30.5. The Hall–Kier alpha value is -7.64. The maximum Gasteiger partial charge on any atom is 0.416 e. The summed E-state index contributed by atoms with van der Waals surface area (Å²) in [6, 6.07) is 21.4. The van der Waals surface area contributed by atoms with Crippen LogP contribution in [-0.2, 0) is 21.9 Å². The zero-order chi connectivity index (χ0) is 45.7. The molecule has 4 heterocycles. The summed E-state index contributed by atoms with van der Waals surface area (Å²) < 4.78 is 82.6. The van der Waals surface area contributed by atoms with Crippen LogP contribution in [0, 0.1) is 22.7 Å². The molecule has 8 rings (SSSR count). The molecule has 64 heavy (non-hydrogen) atoms. The molecular formula is C45H35F6N9O4. The van der Waals surface area contributed by atoms with E-state index < -0.39 is 59.4 Å². The van der Waals surface area contributed by atoms with Crippen molar-refractivity contribution in [3.8, 4) is 12.1 Å². The molecule has 2 N–H and O–H groups in total. The number of urea groups is 2. The Labute approximate surface area is 361 Å². The molecule has 4 aliphatic rings. The lowest BCUT2D eigenvalue weighted by atomic mass is 9.94. The van der Waals surface area contributed by atoms with Gasteiger partial charge >= 0.3 is 24.4 Å². The highest BCUT2D eigenvalue weighted by Gasteiger charge is 2.47. The number of carbonyl (C=O) groups excluding carboxylic acids is 4. The number of hydrogen-bond acceptors (Lipinski definition) is 7. The largest absolute Gasteiger partial charge is 0.416 e. The van der Waals surface area contributed by atoms with Gasteiger partial charge < -0.3 is 25.3 Å². The van der Waals surface area contributed by atoms with E-state index in [1.54, 1.807) is 31.3 Å². The minimum atomic E-state index is -4.70. The van der Waals surface area contributed by atoms with Crippen molar-refractivity contribution in [2.45, 2.75) is 24.4 Å².